The Balaban J connectivity index is 1.83. The maximum absolute atomic E-state index is 10.3. The van der Waals surface area contributed by atoms with Crippen LogP contribution in [0.3, 0.4) is 0 Å². The lowest BCUT2D eigenvalue weighted by Crippen LogP contribution is -2.30. The van der Waals surface area contributed by atoms with Gasteiger partial charge in [-0.05, 0) is 51.0 Å². The average Bonchev–Trinajstić information content (AvgIpc) is 2.61. The van der Waals surface area contributed by atoms with Gasteiger partial charge in [0.1, 0.15) is 0 Å². The first-order valence-electron chi connectivity index (χ1n) is 7.31. The van der Waals surface area contributed by atoms with Crippen molar-refractivity contribution in [3.8, 4) is 0 Å². The minimum atomic E-state index is -0.331. The fraction of sp³-hybridized carbons (Fsp3) is 0.625. The van der Waals surface area contributed by atoms with Crippen LogP contribution in [0.15, 0.2) is 24.3 Å². The van der Waals surface area contributed by atoms with E-state index in [9.17, 15) is 5.11 Å². The number of aliphatic hydroxyl groups is 1. The molecule has 1 atom stereocenters. The van der Waals surface area contributed by atoms with Crippen LogP contribution in [0, 0.1) is 6.92 Å². The molecule has 0 amide bonds. The van der Waals surface area contributed by atoms with Gasteiger partial charge in [0.05, 0.1) is 6.10 Å². The van der Waals surface area contributed by atoms with E-state index >= 15 is 0 Å². The second-order valence-electron chi connectivity index (χ2n) is 5.66. The third-order valence-corrected chi connectivity index (χ3v) is 4.08. The molecule has 1 aromatic rings. The summed E-state index contributed by atoms with van der Waals surface area (Å²) in [6.07, 6.45) is 1.73. The monoisotopic (exact) mass is 262 g/mol. The Labute approximate surface area is 116 Å². The topological polar surface area (TPSA) is 26.7 Å². The number of hydrogen-bond donors (Lipinski definition) is 1. The molecule has 1 heterocycles. The normalized spacial score (nSPS) is 20.2. The number of likely N-dealkylation sites (N-methyl/N-ethyl adjacent to an activating group) is 1. The van der Waals surface area contributed by atoms with Gasteiger partial charge in [0, 0.05) is 19.6 Å². The minimum absolute atomic E-state index is 0.331. The van der Waals surface area contributed by atoms with Crippen molar-refractivity contribution in [3.05, 3.63) is 35.4 Å². The zero-order chi connectivity index (χ0) is 13.7. The summed E-state index contributed by atoms with van der Waals surface area (Å²) >= 11 is 0. The molecule has 0 saturated carbocycles. The van der Waals surface area contributed by atoms with Gasteiger partial charge in [-0.3, -0.25) is 0 Å². The van der Waals surface area contributed by atoms with Crippen LogP contribution in [0.2, 0.25) is 0 Å². The molecule has 0 aromatic heterocycles. The van der Waals surface area contributed by atoms with Gasteiger partial charge in [0.2, 0.25) is 0 Å². The molecule has 1 N–H and O–H groups in total. The van der Waals surface area contributed by atoms with Crippen molar-refractivity contribution >= 4 is 0 Å². The number of benzene rings is 1. The van der Waals surface area contributed by atoms with Crippen LogP contribution in [0.5, 0.6) is 0 Å². The smallest absolute Gasteiger partial charge is 0.0804 e. The quantitative estimate of drug-likeness (QED) is 0.900. The Morgan fingerprint density at radius 3 is 2.74 bits per heavy atom. The molecule has 0 radical (unpaired) electrons. The number of aliphatic hydroxyl groups excluding tert-OH is 1. The molecule has 0 bridgehead atoms. The molecule has 1 unspecified atom stereocenters. The molecule has 3 nitrogen and oxygen atoms in total. The van der Waals surface area contributed by atoms with Crippen molar-refractivity contribution in [1.29, 1.82) is 0 Å². The highest BCUT2D eigenvalue weighted by atomic mass is 16.3. The Hall–Kier alpha value is -0.900. The molecule has 1 fully saturated rings. The second-order valence-corrected chi connectivity index (χ2v) is 5.66. The van der Waals surface area contributed by atoms with Crippen LogP contribution in [0.1, 0.15) is 30.1 Å². The van der Waals surface area contributed by atoms with Gasteiger partial charge < -0.3 is 14.9 Å². The highest BCUT2D eigenvalue weighted by Gasteiger charge is 2.15. The van der Waals surface area contributed by atoms with Crippen LogP contribution in [-0.4, -0.2) is 54.7 Å². The van der Waals surface area contributed by atoms with E-state index in [1.54, 1.807) is 0 Å². The molecule has 1 aliphatic heterocycles. The minimum Gasteiger partial charge on any atom is -0.388 e. The second kappa shape index (κ2) is 7.04. The van der Waals surface area contributed by atoms with E-state index in [4.69, 9.17) is 0 Å². The number of hydrogen-bond acceptors (Lipinski definition) is 3. The van der Waals surface area contributed by atoms with Gasteiger partial charge >= 0.3 is 0 Å². The fourth-order valence-corrected chi connectivity index (χ4v) is 2.74. The summed E-state index contributed by atoms with van der Waals surface area (Å²) in [4.78, 5) is 4.86. The van der Waals surface area contributed by atoms with Crippen LogP contribution in [0.4, 0.5) is 0 Å². The van der Waals surface area contributed by atoms with Gasteiger partial charge in [-0.15, -0.1) is 0 Å². The zero-order valence-corrected chi connectivity index (χ0v) is 12.2. The van der Waals surface area contributed by atoms with Crippen molar-refractivity contribution in [2.45, 2.75) is 25.9 Å². The summed E-state index contributed by atoms with van der Waals surface area (Å²) in [5, 5.41) is 10.3. The van der Waals surface area contributed by atoms with Gasteiger partial charge in [0.25, 0.3) is 0 Å². The fourth-order valence-electron chi connectivity index (χ4n) is 2.74. The summed E-state index contributed by atoms with van der Waals surface area (Å²) in [6, 6.07) is 8.14. The Kier molecular flexibility index (Phi) is 5.37. The Bertz CT molecular complexity index is 394. The third kappa shape index (κ3) is 4.30. The summed E-state index contributed by atoms with van der Waals surface area (Å²) in [6.45, 7) is 7.67. The standard InChI is InChI=1S/C16H26N2O/c1-14-6-3-4-7-15(14)16(19)8-11-18-10-5-9-17(2)12-13-18/h3-4,6-7,16,19H,5,8-13H2,1-2H3. The zero-order valence-electron chi connectivity index (χ0n) is 12.2. The lowest BCUT2D eigenvalue weighted by Gasteiger charge is -2.22. The predicted molar refractivity (Wildman–Crippen MR) is 79.3 cm³/mol. The van der Waals surface area contributed by atoms with Crippen molar-refractivity contribution in [1.82, 2.24) is 9.80 Å². The van der Waals surface area contributed by atoms with Crippen LogP contribution >= 0.6 is 0 Å². The maximum Gasteiger partial charge on any atom is 0.0804 e. The molecule has 1 aliphatic rings. The van der Waals surface area contributed by atoms with E-state index in [1.165, 1.54) is 18.5 Å². The van der Waals surface area contributed by atoms with Crippen LogP contribution in [-0.2, 0) is 0 Å². The van der Waals surface area contributed by atoms with Gasteiger partial charge in [-0.2, -0.15) is 0 Å². The molecule has 1 saturated heterocycles. The van der Waals surface area contributed by atoms with E-state index in [0.717, 1.165) is 38.2 Å². The van der Waals surface area contributed by atoms with Gasteiger partial charge in [-0.25, -0.2) is 0 Å². The van der Waals surface area contributed by atoms with Crippen molar-refractivity contribution in [2.24, 2.45) is 0 Å². The molecule has 2 rings (SSSR count). The van der Waals surface area contributed by atoms with Crippen molar-refractivity contribution in [2.75, 3.05) is 39.8 Å². The Morgan fingerprint density at radius 1 is 1.16 bits per heavy atom. The largest absolute Gasteiger partial charge is 0.388 e. The van der Waals surface area contributed by atoms with E-state index in [1.807, 2.05) is 18.2 Å². The van der Waals surface area contributed by atoms with Crippen LogP contribution < -0.4 is 0 Å². The number of nitrogens with zero attached hydrogens (tertiary/aromatic N) is 2. The molecule has 106 valence electrons. The first kappa shape index (κ1) is 14.5. The summed E-state index contributed by atoms with van der Waals surface area (Å²) in [5.74, 6) is 0. The Morgan fingerprint density at radius 2 is 1.95 bits per heavy atom. The first-order valence-corrected chi connectivity index (χ1v) is 7.31. The lowest BCUT2D eigenvalue weighted by atomic mass is 10.0. The molecule has 3 heteroatoms. The number of aryl methyl sites for hydroxylation is 1. The van der Waals surface area contributed by atoms with E-state index in [0.29, 0.717) is 0 Å². The van der Waals surface area contributed by atoms with E-state index in [2.05, 4.69) is 29.8 Å². The lowest BCUT2D eigenvalue weighted by molar-refractivity contribution is 0.142. The van der Waals surface area contributed by atoms with Crippen molar-refractivity contribution < 1.29 is 5.11 Å². The molecule has 0 spiro atoms. The summed E-state index contributed by atoms with van der Waals surface area (Å²) < 4.78 is 0. The average molecular weight is 262 g/mol. The molecule has 19 heavy (non-hydrogen) atoms. The molecule has 1 aromatic carbocycles. The van der Waals surface area contributed by atoms with Gasteiger partial charge in [-0.1, -0.05) is 24.3 Å². The predicted octanol–water partition coefficient (Wildman–Crippen LogP) is 2.06. The van der Waals surface area contributed by atoms with E-state index < -0.39 is 0 Å². The molecule has 0 aliphatic carbocycles. The first-order chi connectivity index (χ1) is 9.16. The summed E-state index contributed by atoms with van der Waals surface area (Å²) in [5.41, 5.74) is 2.26. The highest BCUT2D eigenvalue weighted by molar-refractivity contribution is 5.27. The van der Waals surface area contributed by atoms with Crippen molar-refractivity contribution in [3.63, 3.8) is 0 Å². The summed E-state index contributed by atoms with van der Waals surface area (Å²) in [7, 11) is 2.19. The molecular weight excluding hydrogens is 236 g/mol. The SMILES string of the molecule is Cc1ccccc1C(O)CCN1CCCN(C)CC1. The third-order valence-electron chi connectivity index (χ3n) is 4.08. The van der Waals surface area contributed by atoms with Crippen LogP contribution in [0.25, 0.3) is 0 Å². The van der Waals surface area contributed by atoms with Gasteiger partial charge in [0.15, 0.2) is 0 Å². The molecular formula is C16H26N2O. The van der Waals surface area contributed by atoms with E-state index in [-0.39, 0.29) is 6.10 Å². The maximum atomic E-state index is 10.3. The highest BCUT2D eigenvalue weighted by Crippen LogP contribution is 2.20. The number of rotatable bonds is 4.